The van der Waals surface area contributed by atoms with E-state index >= 15 is 4.79 Å². The van der Waals surface area contributed by atoms with E-state index in [9.17, 15) is 14.7 Å². The van der Waals surface area contributed by atoms with Gasteiger partial charge in [-0.2, -0.15) is 0 Å². The molecule has 7 aromatic carbocycles. The van der Waals surface area contributed by atoms with Crippen LogP contribution in [-0.4, -0.2) is 48.2 Å². The van der Waals surface area contributed by atoms with Crippen LogP contribution in [-0.2, 0) is 32.9 Å². The molecule has 0 spiro atoms. The van der Waals surface area contributed by atoms with Crippen molar-refractivity contribution >= 4 is 23.6 Å². The molecule has 328 valence electrons. The lowest BCUT2D eigenvalue weighted by Gasteiger charge is -2.37. The van der Waals surface area contributed by atoms with Crippen molar-refractivity contribution in [2.75, 3.05) is 18.1 Å². The first-order valence-electron chi connectivity index (χ1n) is 22.3. The summed E-state index contributed by atoms with van der Waals surface area (Å²) in [5.41, 5.74) is 15.0. The van der Waals surface area contributed by atoms with Gasteiger partial charge in [-0.05, 0) is 88.0 Å². The minimum absolute atomic E-state index is 0.0660. The van der Waals surface area contributed by atoms with Gasteiger partial charge in [0.1, 0.15) is 18.7 Å². The SMILES string of the molecule is NC(=O)[C@H](CCCCNC(c1ccccc1)(c1ccccc1)c1ccccc1)N(C(=O)[C@H](Cc1ccccc1)NC(=O)OCC1c2ccccc2-c2ccccc21)c1ccc(CO)cc1. The fourth-order valence-corrected chi connectivity index (χ4v) is 9.23. The summed E-state index contributed by atoms with van der Waals surface area (Å²) < 4.78 is 5.95. The van der Waals surface area contributed by atoms with Crippen molar-refractivity contribution in [3.8, 4) is 11.1 Å². The molecule has 0 fully saturated rings. The van der Waals surface area contributed by atoms with Gasteiger partial charge in [-0.1, -0.05) is 182 Å². The molecular formula is C56H54N4O5. The molecule has 7 aromatic rings. The van der Waals surface area contributed by atoms with Crippen molar-refractivity contribution in [1.29, 1.82) is 0 Å². The molecule has 1 aliphatic carbocycles. The van der Waals surface area contributed by atoms with E-state index in [4.69, 9.17) is 10.5 Å². The minimum atomic E-state index is -1.13. The zero-order valence-electron chi connectivity index (χ0n) is 36.3. The molecule has 0 aliphatic heterocycles. The number of rotatable bonds is 19. The zero-order valence-corrected chi connectivity index (χ0v) is 36.3. The highest BCUT2D eigenvalue weighted by Crippen LogP contribution is 2.44. The van der Waals surface area contributed by atoms with E-state index in [0.717, 1.165) is 44.5 Å². The van der Waals surface area contributed by atoms with Gasteiger partial charge in [-0.3, -0.25) is 19.8 Å². The highest BCUT2D eigenvalue weighted by atomic mass is 16.5. The monoisotopic (exact) mass is 862 g/mol. The third-order valence-electron chi connectivity index (χ3n) is 12.4. The number of hydrogen-bond donors (Lipinski definition) is 4. The van der Waals surface area contributed by atoms with Crippen molar-refractivity contribution < 1.29 is 24.2 Å². The van der Waals surface area contributed by atoms with Crippen LogP contribution in [0.15, 0.2) is 194 Å². The number of benzene rings is 7. The van der Waals surface area contributed by atoms with E-state index in [1.807, 2.05) is 109 Å². The summed E-state index contributed by atoms with van der Waals surface area (Å²) in [4.78, 5) is 44.1. The van der Waals surface area contributed by atoms with Gasteiger partial charge in [0, 0.05) is 18.0 Å². The molecule has 2 atom stereocenters. The van der Waals surface area contributed by atoms with Gasteiger partial charge in [0.2, 0.25) is 5.91 Å². The van der Waals surface area contributed by atoms with Gasteiger partial charge in [-0.15, -0.1) is 0 Å². The predicted octanol–water partition coefficient (Wildman–Crippen LogP) is 9.27. The largest absolute Gasteiger partial charge is 0.449 e. The standard InChI is InChI=1S/C56H54N4O5/c57-53(62)52(31-17-18-36-58-56(42-21-7-2-8-22-42,43-23-9-3-10-24-43)44-25-11-4-12-26-44)60(45-34-32-41(38-61)33-35-45)54(63)51(37-40-19-5-1-6-20-40)59-55(64)65-39-50-48-29-15-13-27-46(48)47-28-14-16-30-49(47)50/h1-16,19-30,32-35,50-52,58,61H,17-18,31,36-39H2,(H2,57,62)(H,59,64)/t51-,52-/m0/s1. The van der Waals surface area contributed by atoms with Crippen LogP contribution in [0.2, 0.25) is 0 Å². The van der Waals surface area contributed by atoms with Crippen LogP contribution >= 0.6 is 0 Å². The molecule has 0 aromatic heterocycles. The third kappa shape index (κ3) is 9.92. The number of unbranched alkanes of at least 4 members (excludes halogenated alkanes) is 1. The summed E-state index contributed by atoms with van der Waals surface area (Å²) in [5.74, 6) is -1.37. The van der Waals surface area contributed by atoms with Gasteiger partial charge in [0.15, 0.2) is 0 Å². The molecule has 0 bridgehead atoms. The number of aliphatic hydroxyl groups is 1. The second kappa shape index (κ2) is 20.9. The number of primary amides is 1. The second-order valence-corrected chi connectivity index (χ2v) is 16.4. The number of amides is 3. The lowest BCUT2D eigenvalue weighted by Crippen LogP contribution is -2.56. The Morgan fingerprint density at radius 2 is 1.11 bits per heavy atom. The minimum Gasteiger partial charge on any atom is -0.449 e. The van der Waals surface area contributed by atoms with Gasteiger partial charge < -0.3 is 20.9 Å². The van der Waals surface area contributed by atoms with Crippen LogP contribution in [0.5, 0.6) is 0 Å². The topological polar surface area (TPSA) is 134 Å². The fraction of sp³-hybridized carbons (Fsp3) is 0.196. The molecule has 9 nitrogen and oxygen atoms in total. The normalized spacial score (nSPS) is 12.9. The molecule has 0 saturated carbocycles. The molecule has 0 radical (unpaired) electrons. The van der Waals surface area contributed by atoms with E-state index < -0.39 is 35.5 Å². The maximum absolute atomic E-state index is 15.1. The summed E-state index contributed by atoms with van der Waals surface area (Å²) >= 11 is 0. The summed E-state index contributed by atoms with van der Waals surface area (Å²) in [6, 6.07) is 61.3. The highest BCUT2D eigenvalue weighted by molar-refractivity contribution is 6.04. The molecule has 3 amide bonds. The molecule has 65 heavy (non-hydrogen) atoms. The van der Waals surface area contributed by atoms with E-state index in [2.05, 4.69) is 71.3 Å². The molecule has 0 saturated heterocycles. The first kappa shape index (κ1) is 44.3. The lowest BCUT2D eigenvalue weighted by atomic mass is 9.77. The average molecular weight is 863 g/mol. The zero-order chi connectivity index (χ0) is 45.0. The number of ether oxygens (including phenoxy) is 1. The maximum Gasteiger partial charge on any atom is 0.407 e. The number of carbonyl (C=O) groups excluding carboxylic acids is 3. The Morgan fingerprint density at radius 3 is 1.62 bits per heavy atom. The van der Waals surface area contributed by atoms with Crippen LogP contribution in [0, 0.1) is 0 Å². The van der Waals surface area contributed by atoms with E-state index in [0.29, 0.717) is 30.6 Å². The summed E-state index contributed by atoms with van der Waals surface area (Å²) in [5, 5.41) is 16.7. The number of aliphatic hydroxyl groups excluding tert-OH is 1. The van der Waals surface area contributed by atoms with Crippen molar-refractivity contribution in [3.63, 3.8) is 0 Å². The quantitative estimate of drug-likeness (QED) is 0.0474. The van der Waals surface area contributed by atoms with Crippen LogP contribution in [0.4, 0.5) is 10.5 Å². The molecule has 0 unspecified atom stereocenters. The van der Waals surface area contributed by atoms with Crippen LogP contribution in [0.1, 0.15) is 64.1 Å². The van der Waals surface area contributed by atoms with E-state index in [-0.39, 0.29) is 32.0 Å². The Bertz CT molecular complexity index is 2520. The molecule has 9 heteroatoms. The molecule has 0 heterocycles. The first-order chi connectivity index (χ1) is 31.9. The molecular weight excluding hydrogens is 809 g/mol. The van der Waals surface area contributed by atoms with Crippen molar-refractivity contribution in [1.82, 2.24) is 10.6 Å². The Kier molecular flexibility index (Phi) is 14.2. The number of anilines is 1. The summed E-state index contributed by atoms with van der Waals surface area (Å²) in [7, 11) is 0. The van der Waals surface area contributed by atoms with Crippen LogP contribution in [0.25, 0.3) is 11.1 Å². The van der Waals surface area contributed by atoms with Gasteiger partial charge in [0.25, 0.3) is 5.91 Å². The van der Waals surface area contributed by atoms with Crippen LogP contribution in [0.3, 0.4) is 0 Å². The third-order valence-corrected chi connectivity index (χ3v) is 12.4. The van der Waals surface area contributed by atoms with Crippen molar-refractivity contribution in [2.24, 2.45) is 5.73 Å². The Balaban J connectivity index is 1.04. The molecule has 8 rings (SSSR count). The van der Waals surface area contributed by atoms with Gasteiger partial charge in [0.05, 0.1) is 12.1 Å². The smallest absolute Gasteiger partial charge is 0.407 e. The maximum atomic E-state index is 15.1. The fourth-order valence-electron chi connectivity index (χ4n) is 9.23. The number of hydrogen-bond acceptors (Lipinski definition) is 6. The molecule has 1 aliphatic rings. The Morgan fingerprint density at radius 1 is 0.615 bits per heavy atom. The highest BCUT2D eigenvalue weighted by Gasteiger charge is 2.38. The van der Waals surface area contributed by atoms with Crippen LogP contribution < -0.4 is 21.3 Å². The lowest BCUT2D eigenvalue weighted by molar-refractivity contribution is -0.125. The van der Waals surface area contributed by atoms with Crippen molar-refractivity contribution in [2.45, 2.75) is 55.8 Å². The number of nitrogens with two attached hydrogens (primary N) is 1. The summed E-state index contributed by atoms with van der Waals surface area (Å²) in [6.07, 6.45) is 0.816. The second-order valence-electron chi connectivity index (χ2n) is 16.4. The first-order valence-corrected chi connectivity index (χ1v) is 22.3. The number of carbonyl (C=O) groups is 3. The number of nitrogens with one attached hydrogen (secondary N) is 2. The average Bonchev–Trinajstić information content (AvgIpc) is 3.68. The van der Waals surface area contributed by atoms with Gasteiger partial charge in [-0.25, -0.2) is 4.79 Å². The number of alkyl carbamates (subject to hydrolysis) is 1. The Labute approximate surface area is 380 Å². The Hall–Kier alpha value is -7.33. The summed E-state index contributed by atoms with van der Waals surface area (Å²) in [6.45, 7) is 0.441. The van der Waals surface area contributed by atoms with E-state index in [1.165, 1.54) is 4.90 Å². The number of nitrogens with zero attached hydrogens (tertiary/aromatic N) is 1. The number of fused-ring (bicyclic) bond motifs is 3. The predicted molar refractivity (Wildman–Crippen MR) is 256 cm³/mol. The van der Waals surface area contributed by atoms with E-state index in [1.54, 1.807) is 24.3 Å². The van der Waals surface area contributed by atoms with Gasteiger partial charge >= 0.3 is 6.09 Å². The molecule has 5 N–H and O–H groups in total. The van der Waals surface area contributed by atoms with Crippen molar-refractivity contribution in [3.05, 3.63) is 233 Å².